The summed E-state index contributed by atoms with van der Waals surface area (Å²) in [7, 11) is 3.84. The van der Waals surface area contributed by atoms with Gasteiger partial charge in [-0.25, -0.2) is 4.98 Å². The third-order valence-electron chi connectivity index (χ3n) is 1.44. The van der Waals surface area contributed by atoms with Gasteiger partial charge in [0.2, 0.25) is 0 Å². The maximum atomic E-state index is 8.23. The van der Waals surface area contributed by atoms with Crippen molar-refractivity contribution in [2.75, 3.05) is 19.0 Å². The molecular weight excluding hydrogens is 154 g/mol. The summed E-state index contributed by atoms with van der Waals surface area (Å²) in [5, 5.41) is 11.1. The zero-order chi connectivity index (χ0) is 8.97. The van der Waals surface area contributed by atoms with E-state index in [1.165, 1.54) is 6.21 Å². The van der Waals surface area contributed by atoms with E-state index in [9.17, 15) is 0 Å². The molecule has 0 spiro atoms. The molecule has 1 aromatic rings. The highest BCUT2D eigenvalue weighted by molar-refractivity contribution is 5.78. The molecule has 0 aliphatic rings. The SMILES string of the molecule is CN(C)c1ccc(C=NO)cn1. The number of rotatable bonds is 2. The van der Waals surface area contributed by atoms with Gasteiger partial charge in [-0.05, 0) is 12.1 Å². The first-order valence-corrected chi connectivity index (χ1v) is 3.55. The molecule has 0 atom stereocenters. The van der Waals surface area contributed by atoms with Crippen LogP contribution in [0.15, 0.2) is 23.5 Å². The minimum absolute atomic E-state index is 0.781. The standard InChI is InChI=1S/C8H11N3O/c1-11(2)8-4-3-7(5-9-8)6-10-12/h3-6,12H,1-2H3. The second kappa shape index (κ2) is 3.71. The van der Waals surface area contributed by atoms with E-state index in [0.29, 0.717) is 0 Å². The van der Waals surface area contributed by atoms with Crippen LogP contribution in [0.25, 0.3) is 0 Å². The lowest BCUT2D eigenvalue weighted by Gasteiger charge is -2.09. The monoisotopic (exact) mass is 165 g/mol. The van der Waals surface area contributed by atoms with Crippen molar-refractivity contribution in [2.45, 2.75) is 0 Å². The number of pyridine rings is 1. The molecule has 12 heavy (non-hydrogen) atoms. The Morgan fingerprint density at radius 3 is 2.67 bits per heavy atom. The largest absolute Gasteiger partial charge is 0.411 e. The summed E-state index contributed by atoms with van der Waals surface area (Å²) < 4.78 is 0. The van der Waals surface area contributed by atoms with E-state index >= 15 is 0 Å². The summed E-state index contributed by atoms with van der Waals surface area (Å²) in [5.74, 6) is 0.880. The van der Waals surface area contributed by atoms with Crippen LogP contribution in [0.2, 0.25) is 0 Å². The van der Waals surface area contributed by atoms with Crippen molar-refractivity contribution in [3.8, 4) is 0 Å². The summed E-state index contributed by atoms with van der Waals surface area (Å²) in [5.41, 5.74) is 0.781. The van der Waals surface area contributed by atoms with Crippen LogP contribution in [0, 0.1) is 0 Å². The normalized spacial score (nSPS) is 10.5. The molecule has 1 heterocycles. The molecule has 0 bridgehead atoms. The van der Waals surface area contributed by atoms with Crippen LogP contribution in [0.4, 0.5) is 5.82 Å². The van der Waals surface area contributed by atoms with Crippen LogP contribution < -0.4 is 4.90 Å². The molecule has 0 unspecified atom stereocenters. The molecule has 64 valence electrons. The molecule has 0 radical (unpaired) electrons. The van der Waals surface area contributed by atoms with Crippen molar-refractivity contribution in [1.29, 1.82) is 0 Å². The molecule has 0 amide bonds. The van der Waals surface area contributed by atoms with Crippen LogP contribution in [0.3, 0.4) is 0 Å². The second-order valence-electron chi connectivity index (χ2n) is 2.59. The molecule has 1 N–H and O–H groups in total. The van der Waals surface area contributed by atoms with E-state index in [0.717, 1.165) is 11.4 Å². The van der Waals surface area contributed by atoms with Crippen molar-refractivity contribution in [1.82, 2.24) is 4.98 Å². The molecule has 4 heteroatoms. The van der Waals surface area contributed by atoms with E-state index in [-0.39, 0.29) is 0 Å². The van der Waals surface area contributed by atoms with E-state index < -0.39 is 0 Å². The van der Waals surface area contributed by atoms with E-state index in [2.05, 4.69) is 10.1 Å². The topological polar surface area (TPSA) is 48.7 Å². The maximum absolute atomic E-state index is 8.23. The molecular formula is C8H11N3O. The number of hydrogen-bond acceptors (Lipinski definition) is 4. The van der Waals surface area contributed by atoms with Gasteiger partial charge in [-0.1, -0.05) is 5.16 Å². The van der Waals surface area contributed by atoms with Crippen LogP contribution in [0.1, 0.15) is 5.56 Å². The highest BCUT2D eigenvalue weighted by Gasteiger charge is 1.94. The number of oxime groups is 1. The number of hydrogen-bond donors (Lipinski definition) is 1. The predicted molar refractivity (Wildman–Crippen MR) is 47.9 cm³/mol. The first-order chi connectivity index (χ1) is 5.74. The first-order valence-electron chi connectivity index (χ1n) is 3.55. The van der Waals surface area contributed by atoms with Crippen LogP contribution in [0.5, 0.6) is 0 Å². The van der Waals surface area contributed by atoms with Gasteiger partial charge < -0.3 is 10.1 Å². The lowest BCUT2D eigenvalue weighted by Crippen LogP contribution is -2.10. The number of nitrogens with zero attached hydrogens (tertiary/aromatic N) is 3. The minimum atomic E-state index is 0.781. The van der Waals surface area contributed by atoms with Crippen LogP contribution in [-0.4, -0.2) is 30.5 Å². The Kier molecular flexibility index (Phi) is 2.63. The van der Waals surface area contributed by atoms with Crippen LogP contribution >= 0.6 is 0 Å². The summed E-state index contributed by atoms with van der Waals surface area (Å²) >= 11 is 0. The molecule has 0 aliphatic carbocycles. The predicted octanol–water partition coefficient (Wildman–Crippen LogP) is 0.956. The van der Waals surface area contributed by atoms with Gasteiger partial charge >= 0.3 is 0 Å². The average molecular weight is 165 g/mol. The Balaban J connectivity index is 2.85. The fraction of sp³-hybridized carbons (Fsp3) is 0.250. The number of aromatic nitrogens is 1. The third-order valence-corrected chi connectivity index (χ3v) is 1.44. The molecule has 0 saturated heterocycles. The maximum Gasteiger partial charge on any atom is 0.127 e. The number of anilines is 1. The van der Waals surface area contributed by atoms with Crippen molar-refractivity contribution in [2.24, 2.45) is 5.16 Å². The quantitative estimate of drug-likeness (QED) is 0.403. The van der Waals surface area contributed by atoms with Gasteiger partial charge in [0.15, 0.2) is 0 Å². The summed E-state index contributed by atoms with van der Waals surface area (Å²) in [4.78, 5) is 6.02. The van der Waals surface area contributed by atoms with Crippen LogP contribution in [-0.2, 0) is 0 Å². The molecule has 0 saturated carbocycles. The highest BCUT2D eigenvalue weighted by atomic mass is 16.4. The summed E-state index contributed by atoms with van der Waals surface area (Å²) in [6.45, 7) is 0. The fourth-order valence-corrected chi connectivity index (χ4v) is 0.805. The first kappa shape index (κ1) is 8.52. The molecule has 0 fully saturated rings. The lowest BCUT2D eigenvalue weighted by molar-refractivity contribution is 0.322. The van der Waals surface area contributed by atoms with Crippen molar-refractivity contribution in [3.63, 3.8) is 0 Å². The molecule has 0 aromatic carbocycles. The zero-order valence-corrected chi connectivity index (χ0v) is 7.10. The molecule has 1 aromatic heterocycles. The minimum Gasteiger partial charge on any atom is -0.411 e. The van der Waals surface area contributed by atoms with Crippen molar-refractivity contribution in [3.05, 3.63) is 23.9 Å². The van der Waals surface area contributed by atoms with E-state index in [4.69, 9.17) is 5.21 Å². The van der Waals surface area contributed by atoms with E-state index in [1.807, 2.05) is 31.1 Å². The summed E-state index contributed by atoms with van der Waals surface area (Å²) in [6, 6.07) is 3.69. The highest BCUT2D eigenvalue weighted by Crippen LogP contribution is 2.05. The molecule has 4 nitrogen and oxygen atoms in total. The van der Waals surface area contributed by atoms with E-state index in [1.54, 1.807) is 6.20 Å². The van der Waals surface area contributed by atoms with Gasteiger partial charge in [0.05, 0.1) is 6.21 Å². The molecule has 0 aliphatic heterocycles. The average Bonchev–Trinajstić information content (AvgIpc) is 2.06. The van der Waals surface area contributed by atoms with Crippen molar-refractivity contribution >= 4 is 12.0 Å². The Hall–Kier alpha value is -1.58. The Labute approximate surface area is 71.1 Å². The van der Waals surface area contributed by atoms with Gasteiger partial charge in [-0.15, -0.1) is 0 Å². The second-order valence-corrected chi connectivity index (χ2v) is 2.59. The fourth-order valence-electron chi connectivity index (χ4n) is 0.805. The summed E-state index contributed by atoms with van der Waals surface area (Å²) in [6.07, 6.45) is 2.99. The lowest BCUT2D eigenvalue weighted by atomic mass is 10.3. The third kappa shape index (κ3) is 1.95. The van der Waals surface area contributed by atoms with Gasteiger partial charge in [0.25, 0.3) is 0 Å². The van der Waals surface area contributed by atoms with Crippen molar-refractivity contribution < 1.29 is 5.21 Å². The molecule has 1 rings (SSSR count). The Morgan fingerprint density at radius 2 is 2.25 bits per heavy atom. The van der Waals surface area contributed by atoms with Gasteiger partial charge in [-0.2, -0.15) is 0 Å². The van der Waals surface area contributed by atoms with Gasteiger partial charge in [0, 0.05) is 25.9 Å². The Bertz CT molecular complexity index is 266. The zero-order valence-electron chi connectivity index (χ0n) is 7.10. The van der Waals surface area contributed by atoms with Gasteiger partial charge in [0.1, 0.15) is 5.82 Å². The van der Waals surface area contributed by atoms with Gasteiger partial charge in [-0.3, -0.25) is 0 Å². The Morgan fingerprint density at radius 1 is 1.50 bits per heavy atom. The smallest absolute Gasteiger partial charge is 0.127 e.